The van der Waals surface area contributed by atoms with Crippen LogP contribution in [0.4, 0.5) is 4.39 Å². The third kappa shape index (κ3) is 3.92. The highest BCUT2D eigenvalue weighted by molar-refractivity contribution is 5.98. The van der Waals surface area contributed by atoms with Gasteiger partial charge >= 0.3 is 0 Å². The molecule has 1 aliphatic heterocycles. The Balaban J connectivity index is 1.63. The maximum absolute atomic E-state index is 13.5. The van der Waals surface area contributed by atoms with Crippen LogP contribution in [-0.4, -0.2) is 47.7 Å². The second-order valence-corrected chi connectivity index (χ2v) is 8.45. The van der Waals surface area contributed by atoms with Crippen LogP contribution in [0.1, 0.15) is 51.1 Å². The highest BCUT2D eigenvalue weighted by Crippen LogP contribution is 2.40. The molecule has 0 N–H and O–H groups in total. The molecule has 5 nitrogen and oxygen atoms in total. The average molecular weight is 437 g/mol. The monoisotopic (exact) mass is 436 g/mol. The number of piperidine rings is 1. The Hall–Kier alpha value is -2.75. The first-order valence-corrected chi connectivity index (χ1v) is 11.2. The van der Waals surface area contributed by atoms with E-state index < -0.39 is 11.6 Å². The van der Waals surface area contributed by atoms with Crippen LogP contribution < -0.4 is 0 Å². The molecule has 1 aromatic heterocycles. The summed E-state index contributed by atoms with van der Waals surface area (Å²) in [7, 11) is 1.58. The molecule has 2 heterocycles. The molecule has 1 aromatic carbocycles. The van der Waals surface area contributed by atoms with E-state index in [-0.39, 0.29) is 17.5 Å². The predicted molar refractivity (Wildman–Crippen MR) is 122 cm³/mol. The summed E-state index contributed by atoms with van der Waals surface area (Å²) in [6, 6.07) is 4.59. The van der Waals surface area contributed by atoms with Crippen molar-refractivity contribution >= 4 is 16.8 Å². The Kier molecular flexibility index (Phi) is 6.59. The van der Waals surface area contributed by atoms with Crippen LogP contribution in [0.2, 0.25) is 0 Å². The number of halogens is 1. The Morgan fingerprint density at radius 1 is 1.34 bits per heavy atom. The van der Waals surface area contributed by atoms with Crippen LogP contribution in [0.5, 0.6) is 0 Å². The summed E-state index contributed by atoms with van der Waals surface area (Å²) in [6.45, 7) is 5.60. The van der Waals surface area contributed by atoms with Gasteiger partial charge in [-0.2, -0.15) is 0 Å². The third-order valence-corrected chi connectivity index (χ3v) is 6.62. The molecule has 2 aliphatic rings. The zero-order valence-electron chi connectivity index (χ0n) is 18.9. The van der Waals surface area contributed by atoms with E-state index in [0.717, 1.165) is 55.4 Å². The molecule has 2 atom stereocenters. The first-order valence-electron chi connectivity index (χ1n) is 11.2. The van der Waals surface area contributed by atoms with Gasteiger partial charge in [0, 0.05) is 37.6 Å². The minimum Gasteiger partial charge on any atom is -0.369 e. The Labute approximate surface area is 188 Å². The van der Waals surface area contributed by atoms with Crippen molar-refractivity contribution in [3.63, 3.8) is 0 Å². The van der Waals surface area contributed by atoms with Gasteiger partial charge in [-0.3, -0.25) is 9.69 Å². The number of rotatable bonds is 6. The molecule has 1 saturated heterocycles. The fourth-order valence-electron chi connectivity index (χ4n) is 5.20. The van der Waals surface area contributed by atoms with Gasteiger partial charge in [0.05, 0.1) is 5.69 Å². The van der Waals surface area contributed by atoms with E-state index in [0.29, 0.717) is 5.58 Å². The van der Waals surface area contributed by atoms with Crippen molar-refractivity contribution in [2.75, 3.05) is 20.2 Å². The van der Waals surface area contributed by atoms with Crippen LogP contribution in [0.15, 0.2) is 46.5 Å². The van der Waals surface area contributed by atoms with Crippen molar-refractivity contribution in [1.29, 1.82) is 0 Å². The van der Waals surface area contributed by atoms with Crippen LogP contribution >= 0.6 is 0 Å². The van der Waals surface area contributed by atoms with Gasteiger partial charge < -0.3 is 9.26 Å². The number of carbonyl (C=O) groups is 1. The molecule has 2 unspecified atom stereocenters. The quantitative estimate of drug-likeness (QED) is 0.610. The van der Waals surface area contributed by atoms with E-state index >= 15 is 0 Å². The number of methoxy groups -OCH3 is 1. The number of allylic oxidation sites excluding steroid dienone is 2. The van der Waals surface area contributed by atoms with Crippen molar-refractivity contribution in [3.05, 3.63) is 53.5 Å². The Morgan fingerprint density at radius 2 is 2.12 bits per heavy atom. The number of carbonyl (C=O) groups excluding carboxylic acids is 1. The lowest BCUT2D eigenvalue weighted by Crippen LogP contribution is -2.55. The zero-order chi connectivity index (χ0) is 22.7. The summed E-state index contributed by atoms with van der Waals surface area (Å²) in [6.07, 6.45) is 8.27. The van der Waals surface area contributed by atoms with E-state index in [1.165, 1.54) is 12.1 Å². The molecule has 168 valence electrons. The zero-order valence-corrected chi connectivity index (χ0v) is 18.9. The molecule has 0 bridgehead atoms. The van der Waals surface area contributed by atoms with Crippen molar-refractivity contribution in [1.82, 2.24) is 10.1 Å². The average Bonchev–Trinajstić information content (AvgIpc) is 3.22. The number of nitrogens with zero attached hydrogens (tertiary/aromatic N) is 2. The normalized spacial score (nSPS) is 21.8. The summed E-state index contributed by atoms with van der Waals surface area (Å²) in [5.41, 5.74) is 1.75. The number of ketones is 1. The van der Waals surface area contributed by atoms with E-state index in [1.807, 2.05) is 19.1 Å². The smallest absolute Gasteiger partial charge is 0.188 e. The molecule has 6 heteroatoms. The standard InChI is InChI=1S/C26H29FN2O3/c1-4-13-26(14-5-2,21-7-6-8-22(30)25(21)31-3)29-15-11-18(12-16-29)24-20-10-9-19(27)17-23(20)32-28-24/h6-10,17-18,25H,4,11-13,15-16H2,1-3H3. The predicted octanol–water partition coefficient (Wildman–Crippen LogP) is 4.79. The second-order valence-electron chi connectivity index (χ2n) is 8.45. The van der Waals surface area contributed by atoms with Gasteiger partial charge in [0.2, 0.25) is 0 Å². The molecular formula is C26H29FN2O3. The molecule has 0 radical (unpaired) electrons. The maximum atomic E-state index is 13.5. The van der Waals surface area contributed by atoms with Crippen molar-refractivity contribution in [3.8, 4) is 11.8 Å². The van der Waals surface area contributed by atoms with Gasteiger partial charge in [0.1, 0.15) is 17.5 Å². The first-order chi connectivity index (χ1) is 15.5. The minimum absolute atomic E-state index is 0.0421. The van der Waals surface area contributed by atoms with E-state index in [2.05, 4.69) is 28.8 Å². The lowest BCUT2D eigenvalue weighted by atomic mass is 9.76. The van der Waals surface area contributed by atoms with Gasteiger partial charge in [0.15, 0.2) is 11.4 Å². The fraction of sp³-hybridized carbons (Fsp3) is 0.462. The van der Waals surface area contributed by atoms with Gasteiger partial charge in [-0.25, -0.2) is 4.39 Å². The van der Waals surface area contributed by atoms with Gasteiger partial charge in [-0.1, -0.05) is 36.6 Å². The maximum Gasteiger partial charge on any atom is 0.188 e. The molecule has 32 heavy (non-hydrogen) atoms. The summed E-state index contributed by atoms with van der Waals surface area (Å²) in [5, 5.41) is 5.15. The highest BCUT2D eigenvalue weighted by atomic mass is 19.1. The van der Waals surface area contributed by atoms with Gasteiger partial charge in [-0.15, -0.1) is 5.92 Å². The highest BCUT2D eigenvalue weighted by Gasteiger charge is 2.45. The largest absolute Gasteiger partial charge is 0.369 e. The van der Waals surface area contributed by atoms with Gasteiger partial charge in [-0.05, 0) is 50.0 Å². The molecule has 1 aliphatic carbocycles. The fourth-order valence-corrected chi connectivity index (χ4v) is 5.20. The number of aromatic nitrogens is 1. The Bertz CT molecular complexity index is 1120. The number of hydrogen-bond donors (Lipinski definition) is 0. The number of likely N-dealkylation sites (tertiary alicyclic amines) is 1. The van der Waals surface area contributed by atoms with Crippen molar-refractivity contribution < 1.29 is 18.4 Å². The van der Waals surface area contributed by atoms with Crippen molar-refractivity contribution in [2.24, 2.45) is 0 Å². The third-order valence-electron chi connectivity index (χ3n) is 6.62. The van der Waals surface area contributed by atoms with Crippen LogP contribution in [0, 0.1) is 17.7 Å². The van der Waals surface area contributed by atoms with E-state index in [1.54, 1.807) is 19.3 Å². The molecule has 2 aromatic rings. The summed E-state index contributed by atoms with van der Waals surface area (Å²) >= 11 is 0. The minimum atomic E-state index is -0.612. The molecule has 4 rings (SSSR count). The number of hydrogen-bond acceptors (Lipinski definition) is 5. The van der Waals surface area contributed by atoms with Crippen LogP contribution in [0.3, 0.4) is 0 Å². The van der Waals surface area contributed by atoms with E-state index in [9.17, 15) is 9.18 Å². The van der Waals surface area contributed by atoms with Gasteiger partial charge in [0.25, 0.3) is 0 Å². The van der Waals surface area contributed by atoms with Crippen LogP contribution in [0.25, 0.3) is 11.0 Å². The lowest BCUT2D eigenvalue weighted by molar-refractivity contribution is -0.123. The molecule has 1 fully saturated rings. The van der Waals surface area contributed by atoms with Crippen LogP contribution in [-0.2, 0) is 9.53 Å². The number of ether oxygens (including phenoxy) is 1. The molecule has 0 saturated carbocycles. The molecule has 0 spiro atoms. The lowest BCUT2D eigenvalue weighted by Gasteiger charge is -2.47. The molecular weight excluding hydrogens is 407 g/mol. The number of benzene rings is 1. The number of fused-ring (bicyclic) bond motifs is 1. The summed E-state index contributed by atoms with van der Waals surface area (Å²) < 4.78 is 24.5. The Morgan fingerprint density at radius 3 is 2.81 bits per heavy atom. The first kappa shape index (κ1) is 22.4. The summed E-state index contributed by atoms with van der Waals surface area (Å²) in [5.74, 6) is 6.46. The topological polar surface area (TPSA) is 55.6 Å². The SMILES string of the molecule is CC#CC(CCC)(C1=CC=CC(=O)C1OC)N1CCC(c2noc3cc(F)ccc23)CC1. The summed E-state index contributed by atoms with van der Waals surface area (Å²) in [4.78, 5) is 15.0. The van der Waals surface area contributed by atoms with Crippen molar-refractivity contribution in [2.45, 2.75) is 57.1 Å². The molecule has 0 amide bonds. The second kappa shape index (κ2) is 9.40. The van der Waals surface area contributed by atoms with E-state index in [4.69, 9.17) is 9.26 Å².